The second-order valence-electron chi connectivity index (χ2n) is 10.8. The summed E-state index contributed by atoms with van der Waals surface area (Å²) in [6, 6.07) is 22.5. The van der Waals surface area contributed by atoms with Gasteiger partial charge in [0, 0.05) is 74.5 Å². The van der Waals surface area contributed by atoms with Gasteiger partial charge in [-0.25, -0.2) is 4.98 Å². The van der Waals surface area contributed by atoms with Crippen molar-refractivity contribution in [2.24, 2.45) is 0 Å². The van der Waals surface area contributed by atoms with Crippen molar-refractivity contribution in [3.8, 4) is 33.6 Å². The first kappa shape index (κ1) is 24.7. The molecule has 0 unspecified atom stereocenters. The minimum absolute atomic E-state index is 0.523. The van der Waals surface area contributed by atoms with E-state index in [1.165, 1.54) is 24.0 Å². The first-order valence-corrected chi connectivity index (χ1v) is 13.8. The molecule has 1 saturated heterocycles. The Balaban J connectivity index is 1.25. The number of piperazine rings is 1. The van der Waals surface area contributed by atoms with Crippen LogP contribution in [-0.2, 0) is 6.54 Å². The number of nitrogens with one attached hydrogen (secondary N) is 1. The van der Waals surface area contributed by atoms with E-state index in [1.54, 1.807) is 0 Å². The Morgan fingerprint density at radius 3 is 2.37 bits per heavy atom. The Morgan fingerprint density at radius 1 is 0.816 bits per heavy atom. The zero-order chi connectivity index (χ0) is 25.9. The fraction of sp³-hybridized carbons (Fsp3) is 0.344. The molecule has 1 aromatic carbocycles. The maximum absolute atomic E-state index is 4.87. The third kappa shape index (κ3) is 5.93. The van der Waals surface area contributed by atoms with E-state index in [4.69, 9.17) is 4.98 Å². The monoisotopic (exact) mass is 504 g/mol. The smallest absolute Gasteiger partial charge is 0.127 e. The molecule has 194 valence electrons. The lowest BCUT2D eigenvalue weighted by Gasteiger charge is -2.37. The van der Waals surface area contributed by atoms with Gasteiger partial charge in [-0.05, 0) is 79.8 Å². The van der Waals surface area contributed by atoms with Crippen molar-refractivity contribution in [3.63, 3.8) is 0 Å². The van der Waals surface area contributed by atoms with Gasteiger partial charge in [0.2, 0.25) is 0 Å². The number of rotatable bonds is 8. The summed E-state index contributed by atoms with van der Waals surface area (Å²) < 4.78 is 0. The van der Waals surface area contributed by atoms with Crippen LogP contribution in [0.15, 0.2) is 79.3 Å². The highest BCUT2D eigenvalue weighted by Crippen LogP contribution is 2.32. The van der Waals surface area contributed by atoms with Crippen LogP contribution in [0.5, 0.6) is 0 Å². The van der Waals surface area contributed by atoms with Crippen molar-refractivity contribution in [2.45, 2.75) is 45.3 Å². The van der Waals surface area contributed by atoms with Crippen LogP contribution in [0.2, 0.25) is 0 Å². The summed E-state index contributed by atoms with van der Waals surface area (Å²) >= 11 is 0. The summed E-state index contributed by atoms with van der Waals surface area (Å²) in [6.07, 6.45) is 8.13. The summed E-state index contributed by atoms with van der Waals surface area (Å²) in [5, 5.41) is 3.57. The first-order valence-electron chi connectivity index (χ1n) is 13.8. The average Bonchev–Trinajstić information content (AvgIpc) is 3.78. The number of anilines is 1. The molecule has 1 saturated carbocycles. The molecule has 2 fully saturated rings. The Hall–Kier alpha value is -3.61. The van der Waals surface area contributed by atoms with Crippen molar-refractivity contribution >= 4 is 5.82 Å². The van der Waals surface area contributed by atoms with Gasteiger partial charge in [-0.2, -0.15) is 0 Å². The molecule has 3 aromatic heterocycles. The van der Waals surface area contributed by atoms with E-state index in [1.807, 2.05) is 36.8 Å². The van der Waals surface area contributed by atoms with Crippen molar-refractivity contribution in [2.75, 3.05) is 31.5 Å². The number of nitrogens with zero attached hydrogens (tertiary/aromatic N) is 5. The molecular formula is C32H36N6. The van der Waals surface area contributed by atoms with E-state index in [-0.39, 0.29) is 0 Å². The number of pyridine rings is 3. The first-order chi connectivity index (χ1) is 18.6. The Morgan fingerprint density at radius 2 is 1.63 bits per heavy atom. The van der Waals surface area contributed by atoms with Gasteiger partial charge in [0.25, 0.3) is 0 Å². The largest absolute Gasteiger partial charge is 0.367 e. The lowest BCUT2D eigenvalue weighted by atomic mass is 10.00. The number of hydrogen-bond acceptors (Lipinski definition) is 6. The molecule has 0 atom stereocenters. The van der Waals surface area contributed by atoms with Crippen molar-refractivity contribution in [3.05, 3.63) is 84.8 Å². The van der Waals surface area contributed by atoms with Crippen LogP contribution in [0, 0.1) is 0 Å². The van der Waals surface area contributed by atoms with E-state index in [0.29, 0.717) is 12.1 Å². The lowest BCUT2D eigenvalue weighted by molar-refractivity contribution is 0.104. The lowest BCUT2D eigenvalue weighted by Crippen LogP contribution is -2.48. The minimum atomic E-state index is 0.523. The molecule has 0 amide bonds. The zero-order valence-corrected chi connectivity index (χ0v) is 22.3. The van der Waals surface area contributed by atoms with Crippen molar-refractivity contribution in [1.82, 2.24) is 24.8 Å². The predicted molar refractivity (Wildman–Crippen MR) is 155 cm³/mol. The topological polar surface area (TPSA) is 57.2 Å². The molecule has 0 radical (unpaired) electrons. The molecule has 1 aliphatic carbocycles. The molecule has 0 spiro atoms. The Bertz CT molecular complexity index is 1370. The molecule has 2 aliphatic rings. The number of aromatic nitrogens is 3. The zero-order valence-electron chi connectivity index (χ0n) is 22.3. The van der Waals surface area contributed by atoms with Crippen molar-refractivity contribution < 1.29 is 0 Å². The molecule has 6 nitrogen and oxygen atoms in total. The van der Waals surface area contributed by atoms with Gasteiger partial charge in [-0.15, -0.1) is 0 Å². The third-order valence-corrected chi connectivity index (χ3v) is 7.56. The van der Waals surface area contributed by atoms with E-state index in [9.17, 15) is 0 Å². The average molecular weight is 505 g/mol. The van der Waals surface area contributed by atoms with Gasteiger partial charge in [-0.1, -0.05) is 24.3 Å². The summed E-state index contributed by atoms with van der Waals surface area (Å²) in [4.78, 5) is 19.2. The fourth-order valence-corrected chi connectivity index (χ4v) is 5.15. The number of benzene rings is 1. The van der Waals surface area contributed by atoms with Crippen LogP contribution >= 0.6 is 0 Å². The van der Waals surface area contributed by atoms with Crippen molar-refractivity contribution in [1.29, 1.82) is 0 Å². The van der Waals surface area contributed by atoms with Gasteiger partial charge in [-0.3, -0.25) is 19.8 Å². The highest BCUT2D eigenvalue weighted by molar-refractivity contribution is 5.76. The van der Waals surface area contributed by atoms with Crippen LogP contribution in [0.1, 0.15) is 32.3 Å². The second-order valence-corrected chi connectivity index (χ2v) is 10.8. The standard InChI is InChI=1S/C32H36N6/c1-23(2)38-14-12-37(13-15-38)22-24-6-5-7-25(16-24)27-17-28(21-33-20-27)26-18-31(30-8-3-4-11-34-30)36-32(19-26)35-29-9-10-29/h3-8,11,16-21,23,29H,9-10,12-15,22H2,1-2H3,(H,35,36). The highest BCUT2D eigenvalue weighted by atomic mass is 15.3. The van der Waals surface area contributed by atoms with E-state index < -0.39 is 0 Å². The van der Waals surface area contributed by atoms with Crippen LogP contribution in [0.4, 0.5) is 5.82 Å². The molecule has 4 heterocycles. The molecule has 1 N–H and O–H groups in total. The summed E-state index contributed by atoms with van der Waals surface area (Å²) in [6.45, 7) is 10.1. The number of hydrogen-bond donors (Lipinski definition) is 1. The van der Waals surface area contributed by atoms with Gasteiger partial charge in [0.05, 0.1) is 11.4 Å². The Labute approximate surface area is 225 Å². The maximum Gasteiger partial charge on any atom is 0.127 e. The SMILES string of the molecule is CC(C)N1CCN(Cc2cccc(-c3cncc(-c4cc(NC5CC5)nc(-c5ccccn5)c4)c3)c2)CC1. The molecule has 0 bridgehead atoms. The molecule has 4 aromatic rings. The normalized spacial score (nSPS) is 16.6. The molecule has 6 heteroatoms. The van der Waals surface area contributed by atoms with Gasteiger partial charge < -0.3 is 5.32 Å². The summed E-state index contributed by atoms with van der Waals surface area (Å²) in [5.41, 5.74) is 7.60. The van der Waals surface area contributed by atoms with Crippen LogP contribution in [-0.4, -0.2) is 63.0 Å². The molecule has 6 rings (SSSR count). The van der Waals surface area contributed by atoms with E-state index in [2.05, 4.69) is 81.4 Å². The Kier molecular flexibility index (Phi) is 7.16. The van der Waals surface area contributed by atoms with Gasteiger partial charge in [0.1, 0.15) is 5.82 Å². The highest BCUT2D eigenvalue weighted by Gasteiger charge is 2.22. The fourth-order valence-electron chi connectivity index (χ4n) is 5.15. The second kappa shape index (κ2) is 11.0. The van der Waals surface area contributed by atoms with Crippen LogP contribution in [0.25, 0.3) is 33.6 Å². The van der Waals surface area contributed by atoms with Crippen LogP contribution < -0.4 is 5.32 Å². The van der Waals surface area contributed by atoms with Gasteiger partial charge >= 0.3 is 0 Å². The third-order valence-electron chi connectivity index (χ3n) is 7.56. The van der Waals surface area contributed by atoms with E-state index >= 15 is 0 Å². The predicted octanol–water partition coefficient (Wildman–Crippen LogP) is 5.97. The summed E-state index contributed by atoms with van der Waals surface area (Å²) in [7, 11) is 0. The van der Waals surface area contributed by atoms with E-state index in [0.717, 1.165) is 66.6 Å². The minimum Gasteiger partial charge on any atom is -0.367 e. The molecular weight excluding hydrogens is 468 g/mol. The summed E-state index contributed by atoms with van der Waals surface area (Å²) in [5.74, 6) is 0.899. The maximum atomic E-state index is 4.87. The quantitative estimate of drug-likeness (QED) is 0.319. The van der Waals surface area contributed by atoms with Gasteiger partial charge in [0.15, 0.2) is 0 Å². The van der Waals surface area contributed by atoms with Crippen LogP contribution in [0.3, 0.4) is 0 Å². The molecule has 1 aliphatic heterocycles. The molecule has 38 heavy (non-hydrogen) atoms.